The monoisotopic (exact) mass is 489 g/mol. The molecule has 8 nitrogen and oxygen atoms in total. The molecule has 0 aliphatic heterocycles. The van der Waals surface area contributed by atoms with Crippen molar-refractivity contribution in [3.63, 3.8) is 0 Å². The highest BCUT2D eigenvalue weighted by Gasteiger charge is 2.33. The number of rotatable bonds is 6. The maximum atomic E-state index is 12.9. The fourth-order valence-electron chi connectivity index (χ4n) is 2.84. The third-order valence-electron chi connectivity index (χ3n) is 4.48. The lowest BCUT2D eigenvalue weighted by atomic mass is 10.0. The average Bonchev–Trinajstić information content (AvgIpc) is 2.78. The van der Waals surface area contributed by atoms with Gasteiger partial charge in [-0.3, -0.25) is 20.2 Å². The van der Waals surface area contributed by atoms with E-state index in [-0.39, 0.29) is 22.0 Å². The number of non-ortho nitro benzene ring substituents is 1. The van der Waals surface area contributed by atoms with Crippen LogP contribution in [-0.4, -0.2) is 9.85 Å². The van der Waals surface area contributed by atoms with Crippen LogP contribution < -0.4 is 4.74 Å². The van der Waals surface area contributed by atoms with Crippen LogP contribution in [0.15, 0.2) is 60.7 Å². The normalized spacial score (nSPS) is 11.6. The summed E-state index contributed by atoms with van der Waals surface area (Å²) in [6.07, 6.45) is -3.31. The molecular formula is C22H11ClF3N3O5. The number of nitrogens with zero attached hydrogens (tertiary/aromatic N) is 3. The number of ether oxygens (including phenoxy) is 1. The van der Waals surface area contributed by atoms with Crippen LogP contribution in [0.4, 0.5) is 24.5 Å². The summed E-state index contributed by atoms with van der Waals surface area (Å²) in [6, 6.07) is 13.3. The lowest BCUT2D eigenvalue weighted by Gasteiger charge is -2.11. The number of nitro benzene ring substituents is 2. The van der Waals surface area contributed by atoms with Crippen LogP contribution in [0.2, 0.25) is 5.02 Å². The van der Waals surface area contributed by atoms with E-state index in [1.54, 1.807) is 0 Å². The van der Waals surface area contributed by atoms with Crippen LogP contribution in [0.25, 0.3) is 11.6 Å². The molecule has 3 aromatic carbocycles. The summed E-state index contributed by atoms with van der Waals surface area (Å²) < 4.78 is 44.0. The first-order valence-corrected chi connectivity index (χ1v) is 9.57. The van der Waals surface area contributed by atoms with Crippen molar-refractivity contribution in [1.29, 1.82) is 5.26 Å². The van der Waals surface area contributed by atoms with E-state index >= 15 is 0 Å². The lowest BCUT2D eigenvalue weighted by molar-refractivity contribution is -0.385. The van der Waals surface area contributed by atoms with E-state index < -0.39 is 33.0 Å². The minimum atomic E-state index is -4.77. The number of hydrogen-bond acceptors (Lipinski definition) is 6. The van der Waals surface area contributed by atoms with Crippen LogP contribution in [0, 0.1) is 31.6 Å². The standard InChI is InChI=1S/C22H11ClF3N3O5/c23-18-10-13(9-15(12-27)14-2-5-17(6-3-14)28(30)31)1-7-20(18)34-21-8-4-16(22(24,25)26)11-19(21)29(32)33/h1-11H/b15-9+. The highest BCUT2D eigenvalue weighted by molar-refractivity contribution is 6.32. The third-order valence-corrected chi connectivity index (χ3v) is 4.77. The van der Waals surface area contributed by atoms with Gasteiger partial charge in [0.25, 0.3) is 5.69 Å². The molecule has 12 heteroatoms. The third kappa shape index (κ3) is 5.48. The lowest BCUT2D eigenvalue weighted by Crippen LogP contribution is -2.06. The summed E-state index contributed by atoms with van der Waals surface area (Å²) in [5.74, 6) is -0.498. The Balaban J connectivity index is 1.90. The van der Waals surface area contributed by atoms with Crippen molar-refractivity contribution in [2.24, 2.45) is 0 Å². The van der Waals surface area contributed by atoms with Crippen LogP contribution in [0.1, 0.15) is 16.7 Å². The highest BCUT2D eigenvalue weighted by atomic mass is 35.5. The van der Waals surface area contributed by atoms with Gasteiger partial charge in [0.05, 0.1) is 32.1 Å². The molecule has 0 bridgehead atoms. The van der Waals surface area contributed by atoms with Crippen molar-refractivity contribution in [2.45, 2.75) is 6.18 Å². The highest BCUT2D eigenvalue weighted by Crippen LogP contribution is 2.39. The number of halogens is 4. The molecule has 0 aromatic heterocycles. The predicted molar refractivity (Wildman–Crippen MR) is 116 cm³/mol. The number of nitriles is 1. The molecule has 0 aliphatic carbocycles. The van der Waals surface area contributed by atoms with Gasteiger partial charge < -0.3 is 4.74 Å². The molecule has 0 atom stereocenters. The second kappa shape index (κ2) is 9.60. The molecule has 0 N–H and O–H groups in total. The van der Waals surface area contributed by atoms with Crippen molar-refractivity contribution in [3.05, 3.63) is 103 Å². The maximum Gasteiger partial charge on any atom is 0.416 e. The summed E-state index contributed by atoms with van der Waals surface area (Å²) in [6.45, 7) is 0. The van der Waals surface area contributed by atoms with E-state index in [0.717, 1.165) is 6.07 Å². The first kappa shape index (κ1) is 24.2. The van der Waals surface area contributed by atoms with Crippen LogP contribution >= 0.6 is 11.6 Å². The quantitative estimate of drug-likeness (QED) is 0.159. The Kier molecular flexibility index (Phi) is 6.84. The molecule has 0 saturated carbocycles. The molecule has 0 fully saturated rings. The minimum Gasteiger partial charge on any atom is -0.449 e. The fraction of sp³-hybridized carbons (Fsp3) is 0.0455. The number of nitro groups is 2. The molecule has 0 aliphatic rings. The molecule has 0 unspecified atom stereocenters. The molecule has 3 aromatic rings. The summed E-state index contributed by atoms with van der Waals surface area (Å²) in [4.78, 5) is 20.4. The van der Waals surface area contributed by atoms with Gasteiger partial charge in [0.15, 0.2) is 0 Å². The minimum absolute atomic E-state index is 0.0241. The first-order valence-electron chi connectivity index (χ1n) is 9.19. The van der Waals surface area contributed by atoms with Gasteiger partial charge in [-0.05, 0) is 53.6 Å². The number of benzene rings is 3. The van der Waals surface area contributed by atoms with Crippen molar-refractivity contribution < 1.29 is 27.8 Å². The van der Waals surface area contributed by atoms with Gasteiger partial charge in [-0.1, -0.05) is 17.7 Å². The fourth-order valence-corrected chi connectivity index (χ4v) is 3.07. The SMILES string of the molecule is N#C/C(=C\c1ccc(Oc2ccc(C(F)(F)F)cc2[N+](=O)[O-])c(Cl)c1)c1ccc([N+](=O)[O-])cc1. The summed E-state index contributed by atoms with van der Waals surface area (Å²) in [5, 5.41) is 31.4. The van der Waals surface area contributed by atoms with Crippen LogP contribution in [0.3, 0.4) is 0 Å². The second-order valence-electron chi connectivity index (χ2n) is 6.70. The van der Waals surface area contributed by atoms with Crippen molar-refractivity contribution in [3.8, 4) is 17.6 Å². The number of allylic oxidation sites excluding steroid dienone is 1. The molecule has 0 spiro atoms. The molecule has 172 valence electrons. The zero-order chi connectivity index (χ0) is 25.0. The Hall–Kier alpha value is -4.43. The summed E-state index contributed by atoms with van der Waals surface area (Å²) >= 11 is 6.18. The van der Waals surface area contributed by atoms with Crippen molar-refractivity contribution >= 4 is 34.6 Å². The van der Waals surface area contributed by atoms with E-state index in [1.807, 2.05) is 6.07 Å². The molecular weight excluding hydrogens is 479 g/mol. The summed E-state index contributed by atoms with van der Waals surface area (Å²) in [5.41, 5.74) is -1.19. The van der Waals surface area contributed by atoms with E-state index in [2.05, 4.69) is 0 Å². The van der Waals surface area contributed by atoms with E-state index in [9.17, 15) is 38.7 Å². The van der Waals surface area contributed by atoms with Crippen molar-refractivity contribution in [2.75, 3.05) is 0 Å². The molecule has 0 radical (unpaired) electrons. The van der Waals surface area contributed by atoms with E-state index in [1.165, 1.54) is 48.5 Å². The number of hydrogen-bond donors (Lipinski definition) is 0. The summed E-state index contributed by atoms with van der Waals surface area (Å²) in [7, 11) is 0. The van der Waals surface area contributed by atoms with Gasteiger partial charge in [0.2, 0.25) is 5.75 Å². The number of alkyl halides is 3. The maximum absolute atomic E-state index is 12.9. The molecule has 3 rings (SSSR count). The van der Waals surface area contributed by atoms with Gasteiger partial charge in [0.1, 0.15) is 5.75 Å². The van der Waals surface area contributed by atoms with Crippen LogP contribution in [0.5, 0.6) is 11.5 Å². The largest absolute Gasteiger partial charge is 0.449 e. The van der Waals surface area contributed by atoms with E-state index in [0.29, 0.717) is 23.3 Å². The zero-order valence-corrected chi connectivity index (χ0v) is 17.5. The average molecular weight is 490 g/mol. The van der Waals surface area contributed by atoms with Crippen molar-refractivity contribution in [1.82, 2.24) is 0 Å². The van der Waals surface area contributed by atoms with Gasteiger partial charge >= 0.3 is 11.9 Å². The van der Waals surface area contributed by atoms with Gasteiger partial charge in [0, 0.05) is 18.2 Å². The molecule has 0 saturated heterocycles. The van der Waals surface area contributed by atoms with Gasteiger partial charge in [-0.2, -0.15) is 18.4 Å². The van der Waals surface area contributed by atoms with E-state index in [4.69, 9.17) is 16.3 Å². The Labute approximate surface area is 194 Å². The topological polar surface area (TPSA) is 119 Å². The van der Waals surface area contributed by atoms with Gasteiger partial charge in [-0.25, -0.2) is 0 Å². The second-order valence-corrected chi connectivity index (χ2v) is 7.11. The first-order chi connectivity index (χ1) is 16.0. The van der Waals surface area contributed by atoms with Gasteiger partial charge in [-0.15, -0.1) is 0 Å². The zero-order valence-electron chi connectivity index (χ0n) is 16.7. The molecule has 0 amide bonds. The predicted octanol–water partition coefficient (Wildman–Crippen LogP) is 7.03. The Morgan fingerprint density at radius 2 is 1.62 bits per heavy atom. The van der Waals surface area contributed by atoms with Crippen LogP contribution in [-0.2, 0) is 6.18 Å². The Bertz CT molecular complexity index is 1350. The smallest absolute Gasteiger partial charge is 0.416 e. The Morgan fingerprint density at radius 1 is 0.971 bits per heavy atom. The Morgan fingerprint density at radius 3 is 2.15 bits per heavy atom. The molecule has 34 heavy (non-hydrogen) atoms. The molecule has 0 heterocycles.